The van der Waals surface area contributed by atoms with Gasteiger partial charge in [-0.1, -0.05) is 10.5 Å². The molecule has 2 aliphatic rings. The molecule has 0 aromatic carbocycles. The quantitative estimate of drug-likeness (QED) is 0.323. The van der Waals surface area contributed by atoms with Crippen LogP contribution in [-0.2, 0) is 10.3 Å². The fourth-order valence-corrected chi connectivity index (χ4v) is 8.33. The third-order valence-electron chi connectivity index (χ3n) is 7.20. The van der Waals surface area contributed by atoms with Crippen LogP contribution in [0, 0.1) is 5.82 Å². The molecule has 2 aromatic rings. The van der Waals surface area contributed by atoms with Crippen molar-refractivity contribution in [3.8, 4) is 0 Å². The second kappa shape index (κ2) is 10.7. The lowest BCUT2D eigenvalue weighted by Gasteiger charge is -2.62. The van der Waals surface area contributed by atoms with Gasteiger partial charge in [-0.25, -0.2) is 27.7 Å². The average molecular weight is 627 g/mol. The van der Waals surface area contributed by atoms with Gasteiger partial charge < -0.3 is 19.7 Å². The first-order chi connectivity index (χ1) is 19.7. The summed E-state index contributed by atoms with van der Waals surface area (Å²) in [5.41, 5.74) is -3.64. The minimum absolute atomic E-state index is 0.130. The van der Waals surface area contributed by atoms with Crippen LogP contribution in [0.25, 0.3) is 0 Å². The zero-order valence-electron chi connectivity index (χ0n) is 24.3. The van der Waals surface area contributed by atoms with Crippen molar-refractivity contribution < 1.29 is 42.0 Å². The molecule has 4 rings (SSSR count). The summed E-state index contributed by atoms with van der Waals surface area (Å²) in [5, 5.41) is 12.6. The number of carboxylic acids is 1. The van der Waals surface area contributed by atoms with E-state index in [-0.39, 0.29) is 22.9 Å². The Balaban J connectivity index is 1.80. The number of carbonyl (C=O) groups is 3. The van der Waals surface area contributed by atoms with Gasteiger partial charge >= 0.3 is 12.1 Å². The summed E-state index contributed by atoms with van der Waals surface area (Å²) in [7, 11) is -3.32. The first-order valence-corrected chi connectivity index (χ1v) is 14.8. The highest BCUT2D eigenvalue weighted by Crippen LogP contribution is 2.68. The molecule has 0 bridgehead atoms. The number of hydrogen-bond donors (Lipinski definition) is 5. The first-order valence-electron chi connectivity index (χ1n) is 13.1. The third kappa shape index (κ3) is 6.17. The van der Waals surface area contributed by atoms with Crippen LogP contribution in [0.2, 0.25) is 0 Å². The van der Waals surface area contributed by atoms with Crippen LogP contribution < -0.4 is 15.4 Å². The highest BCUT2D eigenvalue weighted by Gasteiger charge is 2.65. The zero-order chi connectivity index (χ0) is 32.2. The highest BCUT2D eigenvalue weighted by molar-refractivity contribution is 8.29. The number of carbonyl (C=O) groups excluding carboxylic acids is 2. The maximum Gasteiger partial charge on any atom is 0.413 e. The van der Waals surface area contributed by atoms with Crippen LogP contribution in [0.4, 0.5) is 23.8 Å². The fraction of sp³-hybridized carbons (Fsp3) is 0.481. The van der Waals surface area contributed by atoms with E-state index >= 15 is 4.39 Å². The summed E-state index contributed by atoms with van der Waals surface area (Å²) >= 11 is 0. The second-order valence-electron chi connectivity index (χ2n) is 12.0. The standard InChI is InChI=1S/C27H33F3N6O6S/c1-24(2,3)42-23(40)35-22-25(4,5)43(41)17(11-27(29,30)13-32-43)26(6,36-22)19-15(28)8-10-18(33-19)34-20(37)16-9-7-14(12-31-16)21(38)39/h7-10,12,17,32,41H,11,13H2,1-6H3,(H,38,39)(H,33,34,37)(H,35,36,40)/t17-,26+/m1/s1. The van der Waals surface area contributed by atoms with Crippen LogP contribution in [0.1, 0.15) is 74.5 Å². The molecule has 0 radical (unpaired) electrons. The number of aromatic carboxylic acids is 1. The molecule has 12 nitrogen and oxygen atoms in total. The number of aromatic nitrogens is 2. The van der Waals surface area contributed by atoms with E-state index in [0.717, 1.165) is 18.3 Å². The van der Waals surface area contributed by atoms with E-state index in [1.807, 2.05) is 0 Å². The van der Waals surface area contributed by atoms with Crippen LogP contribution in [0.3, 0.4) is 0 Å². The summed E-state index contributed by atoms with van der Waals surface area (Å²) in [5.74, 6) is -6.61. The normalized spacial score (nSPS) is 27.5. The van der Waals surface area contributed by atoms with E-state index in [1.54, 1.807) is 20.8 Å². The summed E-state index contributed by atoms with van der Waals surface area (Å²) in [6, 6.07) is 4.44. The molecule has 0 spiro atoms. The van der Waals surface area contributed by atoms with Gasteiger partial charge in [0.05, 0.1) is 22.1 Å². The Hall–Kier alpha value is -3.76. The molecular weight excluding hydrogens is 593 g/mol. The lowest BCUT2D eigenvalue weighted by Crippen LogP contribution is -2.66. The Morgan fingerprint density at radius 3 is 2.37 bits per heavy atom. The van der Waals surface area contributed by atoms with Gasteiger partial charge in [-0.15, -0.1) is 0 Å². The van der Waals surface area contributed by atoms with Crippen LogP contribution >= 0.6 is 10.5 Å². The van der Waals surface area contributed by atoms with E-state index in [2.05, 4.69) is 30.3 Å². The van der Waals surface area contributed by atoms with E-state index in [0.29, 0.717) is 0 Å². The number of aliphatic imine (C=N–C) groups is 1. The van der Waals surface area contributed by atoms with Crippen LogP contribution in [-0.4, -0.2) is 71.5 Å². The lowest BCUT2D eigenvalue weighted by atomic mass is 9.88. The molecule has 1 fully saturated rings. The van der Waals surface area contributed by atoms with Crippen molar-refractivity contribution >= 4 is 40.1 Å². The number of alkyl carbamates (subject to hydrolysis) is 1. The number of amidine groups is 1. The van der Waals surface area contributed by atoms with Crippen molar-refractivity contribution in [3.63, 3.8) is 0 Å². The number of nitrogens with zero attached hydrogens (tertiary/aromatic N) is 3. The summed E-state index contributed by atoms with van der Waals surface area (Å²) in [6.45, 7) is 8.45. The average Bonchev–Trinajstić information content (AvgIpc) is 2.89. The van der Waals surface area contributed by atoms with Crippen molar-refractivity contribution in [2.45, 2.75) is 75.0 Å². The summed E-state index contributed by atoms with van der Waals surface area (Å²) < 4.78 is 63.9. The first kappa shape index (κ1) is 32.2. The smallest absolute Gasteiger partial charge is 0.413 e. The Morgan fingerprint density at radius 2 is 1.79 bits per heavy atom. The van der Waals surface area contributed by atoms with E-state index in [1.165, 1.54) is 32.9 Å². The van der Waals surface area contributed by atoms with Gasteiger partial charge in [-0.3, -0.25) is 24.8 Å². The summed E-state index contributed by atoms with van der Waals surface area (Å²) in [4.78, 5) is 49.2. The van der Waals surface area contributed by atoms with Gasteiger partial charge in [-0.2, -0.15) is 0 Å². The number of pyridine rings is 2. The predicted octanol–water partition coefficient (Wildman–Crippen LogP) is 4.69. The maximum atomic E-state index is 15.6. The third-order valence-corrected chi connectivity index (χ3v) is 11.0. The fourth-order valence-electron chi connectivity index (χ4n) is 4.92. The molecule has 1 saturated heterocycles. The molecule has 2 amide bonds. The lowest BCUT2D eigenvalue weighted by molar-refractivity contribution is -0.0149. The number of anilines is 1. The molecule has 4 heterocycles. The molecule has 16 heteroatoms. The molecule has 234 valence electrons. The number of carboxylic acid groups (broad SMARTS) is 1. The number of alkyl halides is 2. The van der Waals surface area contributed by atoms with Gasteiger partial charge in [0.2, 0.25) is 0 Å². The summed E-state index contributed by atoms with van der Waals surface area (Å²) in [6.07, 6.45) is -0.800. The Bertz CT molecular complexity index is 1500. The molecule has 0 aliphatic carbocycles. The molecular formula is C27H33F3N6O6S. The largest absolute Gasteiger partial charge is 0.478 e. The molecule has 0 saturated carbocycles. The Labute approximate surface area is 247 Å². The van der Waals surface area contributed by atoms with Crippen molar-refractivity contribution in [2.24, 2.45) is 4.99 Å². The maximum absolute atomic E-state index is 15.6. The molecule has 3 atom stereocenters. The van der Waals surface area contributed by atoms with E-state index in [9.17, 15) is 27.7 Å². The Kier molecular flexibility index (Phi) is 8.04. The molecule has 2 aliphatic heterocycles. The van der Waals surface area contributed by atoms with Crippen molar-refractivity contribution in [1.29, 1.82) is 0 Å². The molecule has 43 heavy (non-hydrogen) atoms. The predicted molar refractivity (Wildman–Crippen MR) is 153 cm³/mol. The SMILES string of the molecule is CC(C)(C)OC(=O)NC1=N[C@](C)(c2nc(NC(=O)c3ccc(C(=O)O)cn3)ccc2F)[C@H]2CC(F)(F)CNS2(O)C1(C)C. The van der Waals surface area contributed by atoms with Crippen molar-refractivity contribution in [2.75, 3.05) is 11.9 Å². The number of hydrogen-bond acceptors (Lipinski definition) is 9. The molecule has 1 unspecified atom stereocenters. The van der Waals surface area contributed by atoms with Crippen LogP contribution in [0.15, 0.2) is 35.5 Å². The number of amides is 2. The van der Waals surface area contributed by atoms with Crippen molar-refractivity contribution in [1.82, 2.24) is 20.0 Å². The minimum Gasteiger partial charge on any atom is -0.478 e. The van der Waals surface area contributed by atoms with Gasteiger partial charge in [0, 0.05) is 12.6 Å². The number of nitrogens with one attached hydrogen (secondary N) is 3. The zero-order valence-corrected chi connectivity index (χ0v) is 25.1. The monoisotopic (exact) mass is 626 g/mol. The van der Waals surface area contributed by atoms with E-state index in [4.69, 9.17) is 9.84 Å². The second-order valence-corrected chi connectivity index (χ2v) is 15.1. The molecule has 2 aromatic heterocycles. The number of ether oxygens (including phenoxy) is 1. The number of rotatable bonds is 4. The topological polar surface area (TPSA) is 175 Å². The van der Waals surface area contributed by atoms with Gasteiger partial charge in [0.25, 0.3) is 11.8 Å². The van der Waals surface area contributed by atoms with E-state index < -0.39 is 80.0 Å². The number of fused-ring (bicyclic) bond motifs is 1. The highest BCUT2D eigenvalue weighted by atomic mass is 32.3. The minimum atomic E-state index is -3.32. The molecule has 5 N–H and O–H groups in total. The Morgan fingerprint density at radius 1 is 1.12 bits per heavy atom. The number of halogens is 3. The van der Waals surface area contributed by atoms with Crippen molar-refractivity contribution in [3.05, 3.63) is 53.2 Å². The van der Waals surface area contributed by atoms with Crippen LogP contribution in [0.5, 0.6) is 0 Å². The van der Waals surface area contributed by atoms with Gasteiger partial charge in [0.1, 0.15) is 40.0 Å². The van der Waals surface area contributed by atoms with Gasteiger partial charge in [-0.05, 0) is 65.8 Å². The van der Waals surface area contributed by atoms with Gasteiger partial charge in [0.15, 0.2) is 0 Å².